The molecule has 0 heterocycles. The molecule has 0 aromatic heterocycles. The van der Waals surface area contributed by atoms with Gasteiger partial charge >= 0.3 is 6.18 Å². The van der Waals surface area contributed by atoms with E-state index < -0.39 is 51.9 Å². The fraction of sp³-hybridized carbons (Fsp3) is 0.417. The van der Waals surface area contributed by atoms with Crippen LogP contribution < -0.4 is 9.62 Å². The number of nitrogens with one attached hydrogen (secondary N) is 1. The van der Waals surface area contributed by atoms with Gasteiger partial charge in [-0.05, 0) is 49.2 Å². The lowest BCUT2D eigenvalue weighted by molar-refractivity contribution is -0.139. The average molecular weight is 582 g/mol. The van der Waals surface area contributed by atoms with Gasteiger partial charge in [0.2, 0.25) is 21.8 Å². The van der Waals surface area contributed by atoms with Gasteiger partial charge in [-0.1, -0.05) is 48.7 Å². The van der Waals surface area contributed by atoms with Crippen LogP contribution in [0.15, 0.2) is 42.5 Å². The molecule has 204 valence electrons. The highest BCUT2D eigenvalue weighted by Gasteiger charge is 2.34. The van der Waals surface area contributed by atoms with Gasteiger partial charge in [0, 0.05) is 18.1 Å². The van der Waals surface area contributed by atoms with Crippen molar-refractivity contribution in [2.24, 2.45) is 0 Å². The Morgan fingerprint density at radius 2 is 1.78 bits per heavy atom. The number of halogens is 5. The maximum atomic E-state index is 13.5. The molecule has 0 saturated carbocycles. The van der Waals surface area contributed by atoms with Gasteiger partial charge in [0.25, 0.3) is 0 Å². The van der Waals surface area contributed by atoms with Crippen molar-refractivity contribution < 1.29 is 31.2 Å². The van der Waals surface area contributed by atoms with Gasteiger partial charge in [-0.3, -0.25) is 13.9 Å². The number of rotatable bonds is 11. The molecule has 1 atom stereocenters. The van der Waals surface area contributed by atoms with E-state index in [1.165, 1.54) is 6.92 Å². The molecule has 0 radical (unpaired) electrons. The normalized spacial score (nSPS) is 12.6. The SMILES string of the molecule is CCCCNC(=O)C(C)N(Cc1cccc(Cl)c1)C(=O)CN(c1cc(C(F)(F)F)ccc1Cl)S(C)(=O)=O. The number of hydrogen-bond acceptors (Lipinski definition) is 4. The second kappa shape index (κ2) is 12.8. The number of benzene rings is 2. The van der Waals surface area contributed by atoms with Crippen molar-refractivity contribution in [1.29, 1.82) is 0 Å². The monoisotopic (exact) mass is 581 g/mol. The maximum absolute atomic E-state index is 13.5. The van der Waals surface area contributed by atoms with Crippen LogP contribution in [0.4, 0.5) is 18.9 Å². The number of unbranched alkanes of at least 4 members (excludes halogenated alkanes) is 1. The lowest BCUT2D eigenvalue weighted by Crippen LogP contribution is -2.51. The third-order valence-corrected chi connectivity index (χ3v) is 7.14. The number of alkyl halides is 3. The zero-order chi connectivity index (χ0) is 28.0. The first-order chi connectivity index (χ1) is 17.1. The fourth-order valence-corrected chi connectivity index (χ4v) is 4.76. The van der Waals surface area contributed by atoms with Crippen LogP contribution in [-0.4, -0.2) is 50.5 Å². The predicted molar refractivity (Wildman–Crippen MR) is 138 cm³/mol. The molecule has 1 N–H and O–H groups in total. The number of amides is 2. The summed E-state index contributed by atoms with van der Waals surface area (Å²) in [6, 6.07) is 7.70. The zero-order valence-electron chi connectivity index (χ0n) is 20.5. The van der Waals surface area contributed by atoms with E-state index in [1.54, 1.807) is 24.3 Å². The summed E-state index contributed by atoms with van der Waals surface area (Å²) in [6.07, 6.45) is -2.47. The molecule has 2 amide bonds. The molecule has 1 unspecified atom stereocenters. The summed E-state index contributed by atoms with van der Waals surface area (Å²) in [7, 11) is -4.26. The minimum absolute atomic E-state index is 0.102. The molecule has 0 aliphatic heterocycles. The van der Waals surface area contributed by atoms with Crippen LogP contribution in [-0.2, 0) is 32.3 Å². The van der Waals surface area contributed by atoms with Crippen molar-refractivity contribution in [3.05, 3.63) is 63.6 Å². The minimum Gasteiger partial charge on any atom is -0.354 e. The van der Waals surface area contributed by atoms with Gasteiger partial charge in [-0.25, -0.2) is 8.42 Å². The Balaban J connectivity index is 2.46. The molecular formula is C24H28Cl2F3N3O4S. The largest absolute Gasteiger partial charge is 0.416 e. The Labute approximate surface area is 224 Å². The summed E-state index contributed by atoms with van der Waals surface area (Å²) in [5.41, 5.74) is -1.07. The van der Waals surface area contributed by atoms with E-state index in [0.29, 0.717) is 33.6 Å². The van der Waals surface area contributed by atoms with E-state index in [-0.39, 0.29) is 11.6 Å². The molecule has 0 bridgehead atoms. The molecule has 0 fully saturated rings. The molecule has 7 nitrogen and oxygen atoms in total. The van der Waals surface area contributed by atoms with Crippen LogP contribution in [0.25, 0.3) is 0 Å². The van der Waals surface area contributed by atoms with E-state index in [4.69, 9.17) is 23.2 Å². The van der Waals surface area contributed by atoms with Gasteiger partial charge in [0.1, 0.15) is 12.6 Å². The van der Waals surface area contributed by atoms with E-state index in [1.807, 2.05) is 6.92 Å². The lowest BCUT2D eigenvalue weighted by atomic mass is 10.1. The summed E-state index contributed by atoms with van der Waals surface area (Å²) >= 11 is 12.1. The second-order valence-corrected chi connectivity index (χ2v) is 11.2. The fourth-order valence-electron chi connectivity index (χ4n) is 3.43. The molecule has 0 spiro atoms. The average Bonchev–Trinajstić information content (AvgIpc) is 2.79. The van der Waals surface area contributed by atoms with Gasteiger partial charge in [-0.15, -0.1) is 0 Å². The van der Waals surface area contributed by atoms with Crippen molar-refractivity contribution in [2.75, 3.05) is 23.7 Å². The molecule has 0 saturated heterocycles. The summed E-state index contributed by atoms with van der Waals surface area (Å²) < 4.78 is 65.6. The van der Waals surface area contributed by atoms with E-state index >= 15 is 0 Å². The van der Waals surface area contributed by atoms with Crippen LogP contribution in [0.5, 0.6) is 0 Å². The van der Waals surface area contributed by atoms with Crippen molar-refractivity contribution in [1.82, 2.24) is 10.2 Å². The number of carbonyl (C=O) groups is 2. The van der Waals surface area contributed by atoms with Crippen LogP contribution in [0.3, 0.4) is 0 Å². The predicted octanol–water partition coefficient (Wildman–Crippen LogP) is 5.11. The van der Waals surface area contributed by atoms with Crippen LogP contribution in [0, 0.1) is 0 Å². The molecule has 2 aromatic carbocycles. The number of carbonyl (C=O) groups excluding carboxylic acids is 2. The van der Waals surface area contributed by atoms with E-state index in [9.17, 15) is 31.2 Å². The Morgan fingerprint density at radius 3 is 2.35 bits per heavy atom. The zero-order valence-corrected chi connectivity index (χ0v) is 22.8. The molecule has 0 aliphatic rings. The first-order valence-corrected chi connectivity index (χ1v) is 13.9. The van der Waals surface area contributed by atoms with Crippen LogP contribution in [0.2, 0.25) is 10.0 Å². The number of sulfonamides is 1. The quantitative estimate of drug-likeness (QED) is 0.373. The van der Waals surface area contributed by atoms with Crippen LogP contribution >= 0.6 is 23.2 Å². The summed E-state index contributed by atoms with van der Waals surface area (Å²) in [5.74, 6) is -1.29. The third-order valence-electron chi connectivity index (χ3n) is 5.46. The first-order valence-electron chi connectivity index (χ1n) is 11.3. The smallest absolute Gasteiger partial charge is 0.354 e. The van der Waals surface area contributed by atoms with E-state index in [0.717, 1.165) is 30.1 Å². The highest BCUT2D eigenvalue weighted by molar-refractivity contribution is 7.92. The maximum Gasteiger partial charge on any atom is 0.416 e. The van der Waals surface area contributed by atoms with E-state index in [2.05, 4.69) is 5.32 Å². The minimum atomic E-state index is -4.77. The lowest BCUT2D eigenvalue weighted by Gasteiger charge is -2.32. The number of hydrogen-bond donors (Lipinski definition) is 1. The molecule has 37 heavy (non-hydrogen) atoms. The standard InChI is InChI=1S/C24H28Cl2F3N3O4S/c1-4-5-11-30-23(34)16(2)31(14-17-7-6-8-19(25)12-17)22(33)15-32(37(3,35)36)21-13-18(24(27,28)29)9-10-20(21)26/h6-10,12-13,16H,4-5,11,14-15H2,1-3H3,(H,30,34). The third kappa shape index (κ3) is 8.79. The van der Waals surface area contributed by atoms with Crippen molar-refractivity contribution in [2.45, 2.75) is 45.5 Å². The Kier molecular flexibility index (Phi) is 10.7. The molecule has 2 rings (SSSR count). The Morgan fingerprint density at radius 1 is 1.11 bits per heavy atom. The highest BCUT2D eigenvalue weighted by Crippen LogP contribution is 2.36. The topological polar surface area (TPSA) is 86.8 Å². The first kappa shape index (κ1) is 30.7. The Hall–Kier alpha value is -2.50. The van der Waals surface area contributed by atoms with Gasteiger partial charge in [0.05, 0.1) is 22.5 Å². The molecule has 2 aromatic rings. The number of nitrogens with zero attached hydrogens (tertiary/aromatic N) is 2. The summed E-state index contributed by atoms with van der Waals surface area (Å²) in [5, 5.41) is 2.82. The van der Waals surface area contributed by atoms with Gasteiger partial charge in [0.15, 0.2) is 0 Å². The van der Waals surface area contributed by atoms with Crippen molar-refractivity contribution >= 4 is 50.7 Å². The van der Waals surface area contributed by atoms with Gasteiger partial charge in [-0.2, -0.15) is 13.2 Å². The van der Waals surface area contributed by atoms with Crippen molar-refractivity contribution in [3.8, 4) is 0 Å². The molecule has 13 heteroatoms. The summed E-state index contributed by atoms with van der Waals surface area (Å²) in [6.45, 7) is 2.83. The molecular weight excluding hydrogens is 554 g/mol. The Bertz CT molecular complexity index is 1230. The summed E-state index contributed by atoms with van der Waals surface area (Å²) in [4.78, 5) is 27.4. The molecule has 0 aliphatic carbocycles. The van der Waals surface area contributed by atoms with Gasteiger partial charge < -0.3 is 10.2 Å². The number of anilines is 1. The van der Waals surface area contributed by atoms with Crippen molar-refractivity contribution in [3.63, 3.8) is 0 Å². The van der Waals surface area contributed by atoms with Crippen LogP contribution in [0.1, 0.15) is 37.8 Å². The highest BCUT2D eigenvalue weighted by atomic mass is 35.5. The second-order valence-electron chi connectivity index (χ2n) is 8.41.